The number of fused-ring (bicyclic) bond motifs is 1. The number of piperazine rings is 1. The Labute approximate surface area is 114 Å². The molecule has 0 radical (unpaired) electrons. The van der Waals surface area contributed by atoms with Gasteiger partial charge in [-0.15, -0.1) is 12.4 Å². The first kappa shape index (κ1) is 13.4. The first-order valence-electron chi connectivity index (χ1n) is 6.35. The molecule has 1 fully saturated rings. The second kappa shape index (κ2) is 5.29. The highest BCUT2D eigenvalue weighted by Crippen LogP contribution is 2.36. The summed E-state index contributed by atoms with van der Waals surface area (Å²) in [6.07, 6.45) is 0.924. The van der Waals surface area contributed by atoms with Gasteiger partial charge in [0.2, 0.25) is 5.91 Å². The lowest BCUT2D eigenvalue weighted by molar-refractivity contribution is -0.134. The van der Waals surface area contributed by atoms with Gasteiger partial charge in [0.05, 0.1) is 5.92 Å². The maximum Gasteiger partial charge on any atom is 0.230 e. The molecular formula is C14H19ClN2O. The molecule has 18 heavy (non-hydrogen) atoms. The molecule has 0 bridgehead atoms. The normalized spacial score (nSPS) is 25.7. The van der Waals surface area contributed by atoms with Crippen LogP contribution in [0.25, 0.3) is 0 Å². The molecule has 0 saturated carbocycles. The van der Waals surface area contributed by atoms with E-state index in [0.717, 1.165) is 26.1 Å². The number of benzene rings is 1. The van der Waals surface area contributed by atoms with Crippen molar-refractivity contribution in [1.29, 1.82) is 0 Å². The molecule has 2 atom stereocenters. The molecule has 1 aromatic carbocycles. The number of nitrogens with zero attached hydrogens (tertiary/aromatic N) is 1. The molecule has 1 unspecified atom stereocenters. The summed E-state index contributed by atoms with van der Waals surface area (Å²) in [7, 11) is 0. The number of nitrogens with one attached hydrogen (secondary N) is 1. The number of hydrogen-bond donors (Lipinski definition) is 1. The van der Waals surface area contributed by atoms with E-state index in [0.29, 0.717) is 11.9 Å². The molecule has 3 nitrogen and oxygen atoms in total. The first-order valence-corrected chi connectivity index (χ1v) is 6.35. The molecule has 98 valence electrons. The van der Waals surface area contributed by atoms with Crippen molar-refractivity contribution < 1.29 is 4.79 Å². The highest BCUT2D eigenvalue weighted by atomic mass is 35.5. The molecule has 1 aliphatic carbocycles. The van der Waals surface area contributed by atoms with E-state index in [-0.39, 0.29) is 18.3 Å². The van der Waals surface area contributed by atoms with E-state index in [1.54, 1.807) is 0 Å². The maximum atomic E-state index is 12.4. The third-order valence-corrected chi connectivity index (χ3v) is 3.83. The Morgan fingerprint density at radius 2 is 2.17 bits per heavy atom. The van der Waals surface area contributed by atoms with Gasteiger partial charge in [-0.3, -0.25) is 4.79 Å². The Morgan fingerprint density at radius 1 is 1.39 bits per heavy atom. The molecule has 2 aliphatic rings. The third-order valence-electron chi connectivity index (χ3n) is 3.83. The SMILES string of the molecule is C[C@H]1CN(C(=O)C2Cc3ccccc32)CCN1.Cl. The highest BCUT2D eigenvalue weighted by molar-refractivity contribution is 5.87. The highest BCUT2D eigenvalue weighted by Gasteiger charge is 2.35. The van der Waals surface area contributed by atoms with Crippen LogP contribution in [0, 0.1) is 0 Å². The predicted molar refractivity (Wildman–Crippen MR) is 74.2 cm³/mol. The Morgan fingerprint density at radius 3 is 2.89 bits per heavy atom. The van der Waals surface area contributed by atoms with Gasteiger partial charge in [0.1, 0.15) is 0 Å². The van der Waals surface area contributed by atoms with Crippen molar-refractivity contribution in [3.05, 3.63) is 35.4 Å². The summed E-state index contributed by atoms with van der Waals surface area (Å²) >= 11 is 0. The van der Waals surface area contributed by atoms with E-state index in [1.807, 2.05) is 17.0 Å². The van der Waals surface area contributed by atoms with Crippen LogP contribution in [0.3, 0.4) is 0 Å². The minimum Gasteiger partial charge on any atom is -0.339 e. The molecule has 1 amide bonds. The Hall–Kier alpha value is -1.06. The van der Waals surface area contributed by atoms with Gasteiger partial charge in [-0.25, -0.2) is 0 Å². The quantitative estimate of drug-likeness (QED) is 0.837. The van der Waals surface area contributed by atoms with Gasteiger partial charge in [-0.2, -0.15) is 0 Å². The van der Waals surface area contributed by atoms with Crippen molar-refractivity contribution in [2.24, 2.45) is 0 Å². The number of rotatable bonds is 1. The summed E-state index contributed by atoms with van der Waals surface area (Å²) in [5, 5.41) is 3.37. The number of halogens is 1. The summed E-state index contributed by atoms with van der Waals surface area (Å²) < 4.78 is 0. The number of hydrogen-bond acceptors (Lipinski definition) is 2. The Balaban J connectivity index is 0.00000120. The zero-order valence-corrected chi connectivity index (χ0v) is 11.4. The molecule has 1 heterocycles. The van der Waals surface area contributed by atoms with E-state index in [4.69, 9.17) is 0 Å². The largest absolute Gasteiger partial charge is 0.339 e. The van der Waals surface area contributed by atoms with Gasteiger partial charge < -0.3 is 10.2 Å². The van der Waals surface area contributed by atoms with Crippen LogP contribution in [0.1, 0.15) is 24.0 Å². The van der Waals surface area contributed by atoms with Gasteiger partial charge in [-0.05, 0) is 24.5 Å². The molecular weight excluding hydrogens is 248 g/mol. The van der Waals surface area contributed by atoms with Crippen molar-refractivity contribution >= 4 is 18.3 Å². The van der Waals surface area contributed by atoms with Crippen LogP contribution in [0.4, 0.5) is 0 Å². The Kier molecular flexibility index (Phi) is 3.93. The number of carbonyl (C=O) groups is 1. The molecule has 0 aromatic heterocycles. The van der Waals surface area contributed by atoms with Crippen LogP contribution in [0.5, 0.6) is 0 Å². The van der Waals surface area contributed by atoms with Crippen LogP contribution in [-0.4, -0.2) is 36.5 Å². The van der Waals surface area contributed by atoms with Crippen molar-refractivity contribution in [3.8, 4) is 0 Å². The van der Waals surface area contributed by atoms with Crippen LogP contribution < -0.4 is 5.32 Å². The molecule has 1 saturated heterocycles. The minimum atomic E-state index is 0. The zero-order valence-electron chi connectivity index (χ0n) is 10.6. The molecule has 4 heteroatoms. The van der Waals surface area contributed by atoms with Gasteiger partial charge in [0.15, 0.2) is 0 Å². The van der Waals surface area contributed by atoms with Crippen LogP contribution in [0.15, 0.2) is 24.3 Å². The van der Waals surface area contributed by atoms with Crippen molar-refractivity contribution in [3.63, 3.8) is 0 Å². The standard InChI is InChI=1S/C14H18N2O.ClH/c1-10-9-16(7-6-15-10)14(17)13-8-11-4-2-3-5-12(11)13;/h2-5,10,13,15H,6-9H2,1H3;1H/t10-,13?;/m0./s1. The Bertz CT molecular complexity index is 449. The first-order chi connectivity index (χ1) is 8.25. The van der Waals surface area contributed by atoms with Crippen LogP contribution >= 0.6 is 12.4 Å². The van der Waals surface area contributed by atoms with Gasteiger partial charge in [0.25, 0.3) is 0 Å². The van der Waals surface area contributed by atoms with E-state index >= 15 is 0 Å². The second-order valence-electron chi connectivity index (χ2n) is 5.09. The van der Waals surface area contributed by atoms with Crippen molar-refractivity contribution in [2.45, 2.75) is 25.3 Å². The van der Waals surface area contributed by atoms with Crippen LogP contribution in [0.2, 0.25) is 0 Å². The number of amides is 1. The van der Waals surface area contributed by atoms with Gasteiger partial charge in [-0.1, -0.05) is 24.3 Å². The zero-order chi connectivity index (χ0) is 11.8. The molecule has 3 rings (SSSR count). The summed E-state index contributed by atoms with van der Waals surface area (Å²) in [4.78, 5) is 14.4. The topological polar surface area (TPSA) is 32.3 Å². The number of carbonyl (C=O) groups excluding carboxylic acids is 1. The predicted octanol–water partition coefficient (Wildman–Crippen LogP) is 1.57. The summed E-state index contributed by atoms with van der Waals surface area (Å²) in [6, 6.07) is 8.71. The minimum absolute atomic E-state index is 0. The third kappa shape index (κ3) is 2.25. The summed E-state index contributed by atoms with van der Waals surface area (Å²) in [5.74, 6) is 0.438. The lowest BCUT2D eigenvalue weighted by Crippen LogP contribution is -2.53. The second-order valence-corrected chi connectivity index (χ2v) is 5.09. The summed E-state index contributed by atoms with van der Waals surface area (Å²) in [6.45, 7) is 4.74. The van der Waals surface area contributed by atoms with Gasteiger partial charge >= 0.3 is 0 Å². The lowest BCUT2D eigenvalue weighted by atomic mass is 9.76. The lowest BCUT2D eigenvalue weighted by Gasteiger charge is -2.37. The van der Waals surface area contributed by atoms with E-state index in [9.17, 15) is 4.79 Å². The van der Waals surface area contributed by atoms with Gasteiger partial charge in [0, 0.05) is 25.7 Å². The monoisotopic (exact) mass is 266 g/mol. The van der Waals surface area contributed by atoms with Crippen LogP contribution in [-0.2, 0) is 11.2 Å². The fourth-order valence-corrected chi connectivity index (χ4v) is 2.83. The van der Waals surface area contributed by atoms with E-state index in [2.05, 4.69) is 24.4 Å². The maximum absolute atomic E-state index is 12.4. The molecule has 1 aromatic rings. The fraction of sp³-hybridized carbons (Fsp3) is 0.500. The van der Waals surface area contributed by atoms with E-state index in [1.165, 1.54) is 11.1 Å². The fourth-order valence-electron chi connectivity index (χ4n) is 2.83. The average molecular weight is 267 g/mol. The smallest absolute Gasteiger partial charge is 0.230 e. The summed E-state index contributed by atoms with van der Waals surface area (Å²) in [5.41, 5.74) is 2.58. The van der Waals surface area contributed by atoms with E-state index < -0.39 is 0 Å². The molecule has 0 spiro atoms. The molecule has 1 N–H and O–H groups in total. The van der Waals surface area contributed by atoms with Crippen molar-refractivity contribution in [1.82, 2.24) is 10.2 Å². The average Bonchev–Trinajstić information content (AvgIpc) is 2.30. The van der Waals surface area contributed by atoms with Crippen molar-refractivity contribution in [2.75, 3.05) is 19.6 Å². The molecule has 1 aliphatic heterocycles.